The lowest BCUT2D eigenvalue weighted by atomic mass is 10.0. The van der Waals surface area contributed by atoms with Crippen LogP contribution in [0.25, 0.3) is 0 Å². The minimum atomic E-state index is -0.0969. The van der Waals surface area contributed by atoms with Gasteiger partial charge in [0, 0.05) is 18.2 Å². The van der Waals surface area contributed by atoms with Gasteiger partial charge in [0.25, 0.3) is 5.91 Å². The average molecular weight is 268 g/mol. The molecule has 0 spiro atoms. The van der Waals surface area contributed by atoms with E-state index in [0.29, 0.717) is 11.7 Å². The van der Waals surface area contributed by atoms with Gasteiger partial charge in [-0.25, -0.2) is 4.98 Å². The van der Waals surface area contributed by atoms with Gasteiger partial charge in [-0.3, -0.25) is 9.89 Å². The summed E-state index contributed by atoms with van der Waals surface area (Å²) in [6.45, 7) is 0.739. The molecule has 0 saturated heterocycles. The molecule has 0 radical (unpaired) electrons. The van der Waals surface area contributed by atoms with Crippen molar-refractivity contribution in [2.75, 3.05) is 11.4 Å². The smallest absolute Gasteiger partial charge is 0.297 e. The van der Waals surface area contributed by atoms with Crippen LogP contribution in [0, 0.1) is 0 Å². The molecule has 1 N–H and O–H groups in total. The molecule has 5 heteroatoms. The van der Waals surface area contributed by atoms with E-state index in [1.54, 1.807) is 4.90 Å². The second-order valence-corrected chi connectivity index (χ2v) is 5.51. The highest BCUT2D eigenvalue weighted by Gasteiger charge is 2.30. The number of nitrogens with one attached hydrogen (secondary N) is 1. The van der Waals surface area contributed by atoms with E-state index in [4.69, 9.17) is 0 Å². The molecule has 1 aliphatic carbocycles. The Labute approximate surface area is 117 Å². The first kappa shape index (κ1) is 11.6. The monoisotopic (exact) mass is 268 g/mol. The van der Waals surface area contributed by atoms with Gasteiger partial charge in [-0.15, -0.1) is 5.10 Å². The zero-order chi connectivity index (χ0) is 13.5. The number of hydrogen-bond acceptors (Lipinski definition) is 3. The van der Waals surface area contributed by atoms with Crippen LogP contribution in [-0.4, -0.2) is 27.6 Å². The lowest BCUT2D eigenvalue weighted by Gasteiger charge is -2.28. The molecule has 1 aromatic carbocycles. The second-order valence-electron chi connectivity index (χ2n) is 5.51. The van der Waals surface area contributed by atoms with Gasteiger partial charge in [0.15, 0.2) is 0 Å². The number of carbonyl (C=O) groups is 1. The molecule has 20 heavy (non-hydrogen) atoms. The molecule has 0 bridgehead atoms. The highest BCUT2D eigenvalue weighted by atomic mass is 16.2. The minimum absolute atomic E-state index is 0.0969. The maximum atomic E-state index is 12.6. The highest BCUT2D eigenvalue weighted by Crippen LogP contribution is 2.38. The zero-order valence-electron chi connectivity index (χ0n) is 11.2. The molecule has 1 aliphatic heterocycles. The Kier molecular flexibility index (Phi) is 2.58. The van der Waals surface area contributed by atoms with E-state index < -0.39 is 0 Å². The van der Waals surface area contributed by atoms with Crippen LogP contribution >= 0.6 is 0 Å². The zero-order valence-corrected chi connectivity index (χ0v) is 11.2. The molecule has 1 amide bonds. The van der Waals surface area contributed by atoms with Crippen molar-refractivity contribution in [2.24, 2.45) is 0 Å². The predicted molar refractivity (Wildman–Crippen MR) is 74.8 cm³/mol. The van der Waals surface area contributed by atoms with Crippen LogP contribution < -0.4 is 4.90 Å². The lowest BCUT2D eigenvalue weighted by molar-refractivity contribution is 0.0975. The topological polar surface area (TPSA) is 61.9 Å². The maximum absolute atomic E-state index is 12.6. The van der Waals surface area contributed by atoms with Gasteiger partial charge in [-0.2, -0.15) is 0 Å². The number of anilines is 1. The highest BCUT2D eigenvalue weighted by molar-refractivity contribution is 6.04. The summed E-state index contributed by atoms with van der Waals surface area (Å²) in [5, 5.41) is 7.00. The summed E-state index contributed by atoms with van der Waals surface area (Å²) < 4.78 is 0. The molecule has 1 fully saturated rings. The van der Waals surface area contributed by atoms with E-state index in [9.17, 15) is 4.79 Å². The van der Waals surface area contributed by atoms with Crippen molar-refractivity contribution >= 4 is 11.6 Å². The van der Waals surface area contributed by atoms with Gasteiger partial charge >= 0.3 is 0 Å². The number of nitrogens with zero attached hydrogens (tertiary/aromatic N) is 3. The second kappa shape index (κ2) is 4.44. The van der Waals surface area contributed by atoms with E-state index in [-0.39, 0.29) is 5.91 Å². The fourth-order valence-electron chi connectivity index (χ4n) is 2.77. The van der Waals surface area contributed by atoms with Gasteiger partial charge < -0.3 is 4.90 Å². The number of amides is 1. The van der Waals surface area contributed by atoms with Crippen molar-refractivity contribution in [2.45, 2.75) is 31.6 Å². The Bertz CT molecular complexity index is 659. The molecule has 1 saturated carbocycles. The number of H-pyrrole nitrogens is 1. The fourth-order valence-corrected chi connectivity index (χ4v) is 2.77. The normalized spacial score (nSPS) is 17.9. The van der Waals surface area contributed by atoms with Crippen molar-refractivity contribution in [3.8, 4) is 0 Å². The van der Waals surface area contributed by atoms with E-state index in [0.717, 1.165) is 43.7 Å². The molecular weight excluding hydrogens is 252 g/mol. The summed E-state index contributed by atoms with van der Waals surface area (Å²) in [6, 6.07) is 8.08. The SMILES string of the molecule is O=C(c1n[nH]c(C2CC2)n1)N1CCCc2ccccc21. The molecule has 4 rings (SSSR count). The summed E-state index contributed by atoms with van der Waals surface area (Å²) in [4.78, 5) is 18.8. The number of para-hydroxylation sites is 1. The minimum Gasteiger partial charge on any atom is -0.305 e. The van der Waals surface area contributed by atoms with Gasteiger partial charge in [-0.1, -0.05) is 18.2 Å². The van der Waals surface area contributed by atoms with Crippen molar-refractivity contribution in [3.05, 3.63) is 41.5 Å². The van der Waals surface area contributed by atoms with Crippen LogP contribution in [0.2, 0.25) is 0 Å². The van der Waals surface area contributed by atoms with Crippen LogP contribution in [0.1, 0.15) is 47.2 Å². The molecule has 0 unspecified atom stereocenters. The summed E-state index contributed by atoms with van der Waals surface area (Å²) in [7, 11) is 0. The van der Waals surface area contributed by atoms with Crippen molar-refractivity contribution in [1.29, 1.82) is 0 Å². The predicted octanol–water partition coefficient (Wildman–Crippen LogP) is 2.28. The van der Waals surface area contributed by atoms with E-state index >= 15 is 0 Å². The van der Waals surface area contributed by atoms with E-state index in [1.807, 2.05) is 18.2 Å². The number of aryl methyl sites for hydroxylation is 1. The van der Waals surface area contributed by atoms with E-state index in [2.05, 4.69) is 21.2 Å². The summed E-state index contributed by atoms with van der Waals surface area (Å²) >= 11 is 0. The molecule has 2 aliphatic rings. The lowest BCUT2D eigenvalue weighted by Crippen LogP contribution is -2.36. The van der Waals surface area contributed by atoms with Crippen LogP contribution in [-0.2, 0) is 6.42 Å². The van der Waals surface area contributed by atoms with Gasteiger partial charge in [0.2, 0.25) is 5.82 Å². The van der Waals surface area contributed by atoms with Crippen molar-refractivity contribution in [3.63, 3.8) is 0 Å². The maximum Gasteiger partial charge on any atom is 0.297 e. The number of aromatic amines is 1. The third kappa shape index (κ3) is 1.90. The number of fused-ring (bicyclic) bond motifs is 1. The number of rotatable bonds is 2. The third-order valence-electron chi connectivity index (χ3n) is 4.01. The fraction of sp³-hybridized carbons (Fsp3) is 0.400. The number of carbonyl (C=O) groups excluding carboxylic acids is 1. The quantitative estimate of drug-likeness (QED) is 0.908. The first-order valence-electron chi connectivity index (χ1n) is 7.15. The average Bonchev–Trinajstić information content (AvgIpc) is 3.23. The van der Waals surface area contributed by atoms with E-state index in [1.165, 1.54) is 5.56 Å². The number of benzene rings is 1. The van der Waals surface area contributed by atoms with Crippen molar-refractivity contribution in [1.82, 2.24) is 15.2 Å². The molecule has 0 atom stereocenters. The Hall–Kier alpha value is -2.17. The number of aromatic nitrogens is 3. The largest absolute Gasteiger partial charge is 0.305 e. The van der Waals surface area contributed by atoms with Crippen molar-refractivity contribution < 1.29 is 4.79 Å². The summed E-state index contributed by atoms with van der Waals surface area (Å²) in [5.41, 5.74) is 2.23. The first-order valence-corrected chi connectivity index (χ1v) is 7.15. The molecular formula is C15H16N4O. The Morgan fingerprint density at radius 1 is 1.30 bits per heavy atom. The first-order chi connectivity index (χ1) is 9.83. The Morgan fingerprint density at radius 3 is 3.00 bits per heavy atom. The standard InChI is InChI=1S/C15H16N4O/c20-15(14-16-13(17-18-14)11-7-8-11)19-9-3-5-10-4-1-2-6-12(10)19/h1-2,4,6,11H,3,5,7-9H2,(H,16,17,18). The molecule has 1 aromatic heterocycles. The van der Waals surface area contributed by atoms with Crippen LogP contribution in [0.15, 0.2) is 24.3 Å². The molecule has 2 heterocycles. The number of hydrogen-bond donors (Lipinski definition) is 1. The molecule has 5 nitrogen and oxygen atoms in total. The Balaban J connectivity index is 1.65. The summed E-state index contributed by atoms with van der Waals surface area (Å²) in [6.07, 6.45) is 4.31. The van der Waals surface area contributed by atoms with Crippen LogP contribution in [0.5, 0.6) is 0 Å². The molecule has 102 valence electrons. The summed E-state index contributed by atoms with van der Waals surface area (Å²) in [5.74, 6) is 1.54. The van der Waals surface area contributed by atoms with Crippen LogP contribution in [0.4, 0.5) is 5.69 Å². The van der Waals surface area contributed by atoms with Gasteiger partial charge in [-0.05, 0) is 37.3 Å². The van der Waals surface area contributed by atoms with Gasteiger partial charge in [0.1, 0.15) is 5.82 Å². The van der Waals surface area contributed by atoms with Crippen LogP contribution in [0.3, 0.4) is 0 Å². The Morgan fingerprint density at radius 2 is 2.15 bits per heavy atom. The molecule has 2 aromatic rings. The third-order valence-corrected chi connectivity index (χ3v) is 4.01. The van der Waals surface area contributed by atoms with Gasteiger partial charge in [0.05, 0.1) is 0 Å².